The molecule has 0 aliphatic heterocycles. The third-order valence-corrected chi connectivity index (χ3v) is 4.03. The van der Waals surface area contributed by atoms with E-state index in [1.165, 1.54) is 19.3 Å². The molecule has 21 heavy (non-hydrogen) atoms. The molecule has 2 rings (SSSR count). The molecule has 0 spiro atoms. The fourth-order valence-electron chi connectivity index (χ4n) is 3.10. The minimum Gasteiger partial charge on any atom is -0.484 e. The average Bonchev–Trinajstić information content (AvgIpc) is 2.46. The van der Waals surface area contributed by atoms with Gasteiger partial charge in [-0.05, 0) is 38.8 Å². The maximum Gasteiger partial charge on any atom is 0.260 e. The molecule has 0 heterocycles. The molecule has 0 saturated heterocycles. The third kappa shape index (κ3) is 4.38. The first-order valence-electron chi connectivity index (χ1n) is 7.87. The van der Waals surface area contributed by atoms with Crippen molar-refractivity contribution in [1.29, 1.82) is 0 Å². The molecule has 1 saturated carbocycles. The maximum atomic E-state index is 12.5. The number of amides is 1. The van der Waals surface area contributed by atoms with Gasteiger partial charge in [-0.3, -0.25) is 4.79 Å². The minimum absolute atomic E-state index is 0.0688. The Bertz CT molecular complexity index is 468. The molecular weight excluding hydrogens is 264 g/mol. The van der Waals surface area contributed by atoms with E-state index in [2.05, 4.69) is 13.8 Å². The predicted molar refractivity (Wildman–Crippen MR) is 85.2 cm³/mol. The molecular formula is C17H26N2O2. The lowest BCUT2D eigenvalue weighted by molar-refractivity contribution is -0.138. The fourth-order valence-corrected chi connectivity index (χ4v) is 3.10. The van der Waals surface area contributed by atoms with Gasteiger partial charge in [0.2, 0.25) is 0 Å². The highest BCUT2D eigenvalue weighted by atomic mass is 16.5. The van der Waals surface area contributed by atoms with Crippen molar-refractivity contribution in [2.45, 2.75) is 58.0 Å². The van der Waals surface area contributed by atoms with Crippen molar-refractivity contribution >= 4 is 11.6 Å². The number of benzene rings is 1. The summed E-state index contributed by atoms with van der Waals surface area (Å²) in [5.41, 5.74) is 6.36. The lowest BCUT2D eigenvalue weighted by Gasteiger charge is -2.37. The van der Waals surface area contributed by atoms with Crippen LogP contribution in [0.15, 0.2) is 24.3 Å². The summed E-state index contributed by atoms with van der Waals surface area (Å²) < 4.78 is 5.60. The zero-order valence-electron chi connectivity index (χ0n) is 13.0. The number of anilines is 1. The van der Waals surface area contributed by atoms with Gasteiger partial charge in [0.05, 0.1) is 0 Å². The molecule has 1 aromatic carbocycles. The number of rotatable bonds is 5. The number of carbonyl (C=O) groups excluding carboxylic acids is 1. The molecule has 0 bridgehead atoms. The fraction of sp³-hybridized carbons (Fsp3) is 0.588. The zero-order chi connectivity index (χ0) is 15.2. The van der Waals surface area contributed by atoms with E-state index < -0.39 is 0 Å². The monoisotopic (exact) mass is 290 g/mol. The van der Waals surface area contributed by atoms with Crippen molar-refractivity contribution in [3.63, 3.8) is 0 Å². The lowest BCUT2D eigenvalue weighted by atomic mass is 9.93. The summed E-state index contributed by atoms with van der Waals surface area (Å²) in [7, 11) is 0. The molecule has 1 fully saturated rings. The van der Waals surface area contributed by atoms with Gasteiger partial charge in [-0.2, -0.15) is 0 Å². The van der Waals surface area contributed by atoms with Crippen molar-refractivity contribution in [3.05, 3.63) is 24.3 Å². The maximum absolute atomic E-state index is 12.5. The van der Waals surface area contributed by atoms with Crippen LogP contribution in [0.5, 0.6) is 5.75 Å². The Morgan fingerprint density at radius 3 is 2.67 bits per heavy atom. The van der Waals surface area contributed by atoms with E-state index in [1.807, 2.05) is 17.0 Å². The van der Waals surface area contributed by atoms with Gasteiger partial charge in [-0.1, -0.05) is 25.3 Å². The number of nitrogens with two attached hydrogens (primary N) is 1. The SMILES string of the molecule is CC(C)N(C(=O)COc1cccc(N)c1)C1CCCCC1. The summed E-state index contributed by atoms with van der Waals surface area (Å²) in [5.74, 6) is 0.718. The van der Waals surface area contributed by atoms with Crippen LogP contribution in [0.4, 0.5) is 5.69 Å². The number of ether oxygens (including phenoxy) is 1. The second-order valence-electron chi connectivity index (χ2n) is 6.05. The second-order valence-corrected chi connectivity index (χ2v) is 6.05. The highest BCUT2D eigenvalue weighted by Crippen LogP contribution is 2.24. The van der Waals surface area contributed by atoms with Crippen LogP contribution in [0.3, 0.4) is 0 Å². The van der Waals surface area contributed by atoms with Crippen LogP contribution in [-0.2, 0) is 4.79 Å². The normalized spacial score (nSPS) is 16.0. The number of hydrogen-bond donors (Lipinski definition) is 1. The van der Waals surface area contributed by atoms with Gasteiger partial charge < -0.3 is 15.4 Å². The lowest BCUT2D eigenvalue weighted by Crippen LogP contribution is -2.47. The molecule has 1 aromatic rings. The Kier molecular flexibility index (Phi) is 5.48. The molecule has 0 atom stereocenters. The van der Waals surface area contributed by atoms with Crippen LogP contribution < -0.4 is 10.5 Å². The van der Waals surface area contributed by atoms with E-state index in [0.29, 0.717) is 17.5 Å². The van der Waals surface area contributed by atoms with E-state index in [-0.39, 0.29) is 18.6 Å². The molecule has 4 heteroatoms. The first-order chi connectivity index (χ1) is 10.1. The molecule has 4 nitrogen and oxygen atoms in total. The van der Waals surface area contributed by atoms with Gasteiger partial charge in [0, 0.05) is 23.8 Å². The van der Waals surface area contributed by atoms with Crippen LogP contribution in [0, 0.1) is 0 Å². The molecule has 116 valence electrons. The topological polar surface area (TPSA) is 55.6 Å². The standard InChI is InChI=1S/C17H26N2O2/c1-13(2)19(15-8-4-3-5-9-15)17(20)12-21-16-10-6-7-14(18)11-16/h6-7,10-11,13,15H,3-5,8-9,12,18H2,1-2H3. The number of carbonyl (C=O) groups is 1. The highest BCUT2D eigenvalue weighted by Gasteiger charge is 2.27. The molecule has 0 aromatic heterocycles. The Hall–Kier alpha value is -1.71. The average molecular weight is 290 g/mol. The van der Waals surface area contributed by atoms with Gasteiger partial charge >= 0.3 is 0 Å². The van der Waals surface area contributed by atoms with Gasteiger partial charge in [-0.15, -0.1) is 0 Å². The highest BCUT2D eigenvalue weighted by molar-refractivity contribution is 5.78. The molecule has 1 aliphatic rings. The van der Waals surface area contributed by atoms with E-state index in [9.17, 15) is 4.79 Å². The quantitative estimate of drug-likeness (QED) is 0.847. The van der Waals surface area contributed by atoms with Gasteiger partial charge in [0.25, 0.3) is 5.91 Å². The van der Waals surface area contributed by atoms with E-state index in [0.717, 1.165) is 12.8 Å². The summed E-state index contributed by atoms with van der Waals surface area (Å²) >= 11 is 0. The summed E-state index contributed by atoms with van der Waals surface area (Å²) in [6, 6.07) is 7.78. The minimum atomic E-state index is 0.0688. The van der Waals surface area contributed by atoms with Crippen molar-refractivity contribution in [1.82, 2.24) is 4.90 Å². The predicted octanol–water partition coefficient (Wildman–Crippen LogP) is 3.22. The van der Waals surface area contributed by atoms with Crippen molar-refractivity contribution in [2.24, 2.45) is 0 Å². The third-order valence-electron chi connectivity index (χ3n) is 4.03. The Morgan fingerprint density at radius 2 is 2.05 bits per heavy atom. The Balaban J connectivity index is 1.95. The van der Waals surface area contributed by atoms with Crippen LogP contribution in [0.25, 0.3) is 0 Å². The Labute approximate surface area is 127 Å². The largest absolute Gasteiger partial charge is 0.484 e. The molecule has 2 N–H and O–H groups in total. The van der Waals surface area contributed by atoms with E-state index in [4.69, 9.17) is 10.5 Å². The first-order valence-corrected chi connectivity index (χ1v) is 7.87. The van der Waals surface area contributed by atoms with Crippen LogP contribution >= 0.6 is 0 Å². The number of nitrogen functional groups attached to an aromatic ring is 1. The van der Waals surface area contributed by atoms with Crippen LogP contribution in [0.2, 0.25) is 0 Å². The van der Waals surface area contributed by atoms with Crippen LogP contribution in [-0.4, -0.2) is 29.5 Å². The molecule has 1 aliphatic carbocycles. The van der Waals surface area contributed by atoms with Crippen molar-refractivity contribution < 1.29 is 9.53 Å². The zero-order valence-corrected chi connectivity index (χ0v) is 13.0. The van der Waals surface area contributed by atoms with E-state index >= 15 is 0 Å². The van der Waals surface area contributed by atoms with Gasteiger partial charge in [0.1, 0.15) is 5.75 Å². The smallest absolute Gasteiger partial charge is 0.260 e. The van der Waals surface area contributed by atoms with Gasteiger partial charge in [-0.25, -0.2) is 0 Å². The first kappa shape index (κ1) is 15.7. The van der Waals surface area contributed by atoms with Gasteiger partial charge in [0.15, 0.2) is 6.61 Å². The number of hydrogen-bond acceptors (Lipinski definition) is 3. The summed E-state index contributed by atoms with van der Waals surface area (Å²) in [5, 5.41) is 0. The summed E-state index contributed by atoms with van der Waals surface area (Å²) in [6.07, 6.45) is 5.95. The molecule has 0 radical (unpaired) electrons. The van der Waals surface area contributed by atoms with Crippen molar-refractivity contribution in [3.8, 4) is 5.75 Å². The Morgan fingerprint density at radius 1 is 1.33 bits per heavy atom. The summed E-state index contributed by atoms with van der Waals surface area (Å²) in [6.45, 7) is 4.23. The number of nitrogens with zero attached hydrogens (tertiary/aromatic N) is 1. The summed E-state index contributed by atoms with van der Waals surface area (Å²) in [4.78, 5) is 14.5. The van der Waals surface area contributed by atoms with E-state index in [1.54, 1.807) is 12.1 Å². The molecule has 0 unspecified atom stereocenters. The molecule has 1 amide bonds. The van der Waals surface area contributed by atoms with Crippen molar-refractivity contribution in [2.75, 3.05) is 12.3 Å². The second kappa shape index (κ2) is 7.34. The van der Waals surface area contributed by atoms with Crippen LogP contribution in [0.1, 0.15) is 46.0 Å².